The minimum absolute atomic E-state index is 0.466. The molecule has 0 unspecified atom stereocenters. The smallest absolute Gasteiger partial charge is 0.227 e. The number of nitrogens with two attached hydrogens (primary N) is 1. The van der Waals surface area contributed by atoms with Crippen LogP contribution in [0.1, 0.15) is 30.4 Å². The van der Waals surface area contributed by atoms with Gasteiger partial charge >= 0.3 is 0 Å². The van der Waals surface area contributed by atoms with Crippen LogP contribution in [0.4, 0.5) is 5.82 Å². The minimum atomic E-state index is 0.466. The maximum Gasteiger partial charge on any atom is 0.227 e. The third-order valence-corrected chi connectivity index (χ3v) is 2.76. The second kappa shape index (κ2) is 5.65. The molecule has 0 aliphatic heterocycles. The van der Waals surface area contributed by atoms with Gasteiger partial charge < -0.3 is 10.5 Å². The summed E-state index contributed by atoms with van der Waals surface area (Å²) in [5, 5.41) is 0. The van der Waals surface area contributed by atoms with Gasteiger partial charge in [0.05, 0.1) is 11.8 Å². The second-order valence-corrected chi connectivity index (χ2v) is 4.44. The number of aromatic nitrogens is 3. The Morgan fingerprint density at radius 1 is 1.21 bits per heavy atom. The Bertz CT molecular complexity index is 566. The number of hydrogen-bond donors (Lipinski definition) is 1. The van der Waals surface area contributed by atoms with Crippen molar-refractivity contribution in [3.8, 4) is 11.6 Å². The molecule has 0 bridgehead atoms. The Labute approximate surface area is 112 Å². The molecule has 0 spiro atoms. The van der Waals surface area contributed by atoms with Gasteiger partial charge in [-0.25, -0.2) is 4.98 Å². The summed E-state index contributed by atoms with van der Waals surface area (Å²) in [6.07, 6.45) is 3.42. The van der Waals surface area contributed by atoms with Crippen molar-refractivity contribution < 1.29 is 4.74 Å². The van der Waals surface area contributed by atoms with Gasteiger partial charge in [-0.2, -0.15) is 4.98 Å². The van der Waals surface area contributed by atoms with Crippen molar-refractivity contribution in [2.45, 2.75) is 33.6 Å². The molecule has 0 aliphatic rings. The largest absolute Gasteiger partial charge is 0.437 e. The Morgan fingerprint density at radius 2 is 2.00 bits per heavy atom. The van der Waals surface area contributed by atoms with Gasteiger partial charge in [0.2, 0.25) is 5.88 Å². The van der Waals surface area contributed by atoms with Gasteiger partial charge in [0, 0.05) is 12.1 Å². The third-order valence-electron chi connectivity index (χ3n) is 2.76. The fraction of sp³-hybridized carbons (Fsp3) is 0.357. The summed E-state index contributed by atoms with van der Waals surface area (Å²) in [7, 11) is 0. The molecule has 0 radical (unpaired) electrons. The lowest BCUT2D eigenvalue weighted by molar-refractivity contribution is 0.452. The van der Waals surface area contributed by atoms with Crippen LogP contribution in [0.25, 0.3) is 0 Å². The number of ether oxygens (including phenoxy) is 1. The molecule has 2 aromatic heterocycles. The van der Waals surface area contributed by atoms with Crippen LogP contribution in [0.5, 0.6) is 11.6 Å². The summed E-state index contributed by atoms with van der Waals surface area (Å²) >= 11 is 0. The number of aryl methyl sites for hydroxylation is 2. The molecule has 19 heavy (non-hydrogen) atoms. The number of hydrogen-bond acceptors (Lipinski definition) is 5. The van der Waals surface area contributed by atoms with Crippen molar-refractivity contribution in [3.05, 3.63) is 35.4 Å². The van der Waals surface area contributed by atoms with E-state index in [4.69, 9.17) is 10.5 Å². The molecule has 2 N–H and O–H groups in total. The van der Waals surface area contributed by atoms with Crippen LogP contribution in [0, 0.1) is 13.8 Å². The van der Waals surface area contributed by atoms with E-state index in [1.807, 2.05) is 26.0 Å². The molecule has 0 amide bonds. The fourth-order valence-electron chi connectivity index (χ4n) is 1.62. The number of nitrogens with zero attached hydrogens (tertiary/aromatic N) is 3. The average molecular weight is 258 g/mol. The standard InChI is InChI=1S/C14H18N4O/c1-4-5-12-17-13(15)10(3)14(18-12)19-11-7-6-9(2)16-8-11/h6-8H,4-5H2,1-3H3,(H2,15,17,18). The van der Waals surface area contributed by atoms with Gasteiger partial charge in [0.15, 0.2) is 0 Å². The van der Waals surface area contributed by atoms with Crippen molar-refractivity contribution in [2.75, 3.05) is 5.73 Å². The van der Waals surface area contributed by atoms with Crippen molar-refractivity contribution >= 4 is 5.82 Å². The summed E-state index contributed by atoms with van der Waals surface area (Å²) < 4.78 is 5.74. The highest BCUT2D eigenvalue weighted by Crippen LogP contribution is 2.25. The van der Waals surface area contributed by atoms with E-state index in [0.717, 1.165) is 24.1 Å². The summed E-state index contributed by atoms with van der Waals surface area (Å²) in [6, 6.07) is 3.75. The second-order valence-electron chi connectivity index (χ2n) is 4.44. The molecule has 0 aliphatic carbocycles. The molecule has 2 heterocycles. The van der Waals surface area contributed by atoms with Gasteiger partial charge in [-0.05, 0) is 32.4 Å². The van der Waals surface area contributed by atoms with Gasteiger partial charge in [-0.3, -0.25) is 4.98 Å². The van der Waals surface area contributed by atoms with Crippen molar-refractivity contribution in [3.63, 3.8) is 0 Å². The third kappa shape index (κ3) is 3.19. The van der Waals surface area contributed by atoms with E-state index in [1.54, 1.807) is 6.20 Å². The van der Waals surface area contributed by atoms with Gasteiger partial charge in [-0.15, -0.1) is 0 Å². The summed E-state index contributed by atoms with van der Waals surface area (Å²) in [4.78, 5) is 12.8. The van der Waals surface area contributed by atoms with Crippen LogP contribution in [0.15, 0.2) is 18.3 Å². The van der Waals surface area contributed by atoms with Gasteiger partial charge in [0.1, 0.15) is 17.4 Å². The van der Waals surface area contributed by atoms with E-state index < -0.39 is 0 Å². The molecule has 0 saturated carbocycles. The van der Waals surface area contributed by atoms with Crippen LogP contribution in [0.3, 0.4) is 0 Å². The molecule has 0 fully saturated rings. The van der Waals surface area contributed by atoms with Crippen LogP contribution in [-0.2, 0) is 6.42 Å². The summed E-state index contributed by atoms with van der Waals surface area (Å²) in [5.74, 6) is 2.32. The lowest BCUT2D eigenvalue weighted by Crippen LogP contribution is -2.05. The fourth-order valence-corrected chi connectivity index (χ4v) is 1.62. The predicted molar refractivity (Wildman–Crippen MR) is 74.2 cm³/mol. The number of nitrogen functional groups attached to an aromatic ring is 1. The maximum atomic E-state index is 5.88. The molecule has 2 rings (SSSR count). The predicted octanol–water partition coefficient (Wildman–Crippen LogP) is 2.82. The van der Waals surface area contributed by atoms with Crippen molar-refractivity contribution in [1.29, 1.82) is 0 Å². The number of rotatable bonds is 4. The monoisotopic (exact) mass is 258 g/mol. The molecule has 0 atom stereocenters. The summed E-state index contributed by atoms with van der Waals surface area (Å²) in [6.45, 7) is 5.85. The zero-order valence-corrected chi connectivity index (χ0v) is 11.5. The first kappa shape index (κ1) is 13.3. The normalized spacial score (nSPS) is 10.5. The molecule has 5 heteroatoms. The molecule has 2 aromatic rings. The molecule has 0 aromatic carbocycles. The number of pyridine rings is 1. The lowest BCUT2D eigenvalue weighted by Gasteiger charge is -2.10. The van der Waals surface area contributed by atoms with Gasteiger partial charge in [-0.1, -0.05) is 6.92 Å². The quantitative estimate of drug-likeness (QED) is 0.912. The summed E-state index contributed by atoms with van der Waals surface area (Å²) in [5.41, 5.74) is 7.58. The highest BCUT2D eigenvalue weighted by Gasteiger charge is 2.10. The van der Waals surface area contributed by atoms with Crippen LogP contribution < -0.4 is 10.5 Å². The first-order valence-electron chi connectivity index (χ1n) is 6.33. The van der Waals surface area contributed by atoms with Crippen molar-refractivity contribution in [1.82, 2.24) is 15.0 Å². The first-order valence-corrected chi connectivity index (χ1v) is 6.33. The van der Waals surface area contributed by atoms with E-state index in [1.165, 1.54) is 0 Å². The Kier molecular flexibility index (Phi) is 3.94. The Balaban J connectivity index is 2.30. The molecule has 5 nitrogen and oxygen atoms in total. The highest BCUT2D eigenvalue weighted by molar-refractivity contribution is 5.45. The van der Waals surface area contributed by atoms with Crippen LogP contribution in [-0.4, -0.2) is 15.0 Å². The zero-order valence-electron chi connectivity index (χ0n) is 11.5. The molecular weight excluding hydrogens is 240 g/mol. The zero-order chi connectivity index (χ0) is 13.8. The minimum Gasteiger partial charge on any atom is -0.437 e. The highest BCUT2D eigenvalue weighted by atomic mass is 16.5. The number of anilines is 1. The SMILES string of the molecule is CCCc1nc(N)c(C)c(Oc2ccc(C)nc2)n1. The van der Waals surface area contributed by atoms with E-state index in [-0.39, 0.29) is 0 Å². The van der Waals surface area contributed by atoms with Crippen LogP contribution >= 0.6 is 0 Å². The topological polar surface area (TPSA) is 73.9 Å². The van der Waals surface area contributed by atoms with E-state index in [0.29, 0.717) is 23.3 Å². The average Bonchev–Trinajstić information content (AvgIpc) is 2.38. The van der Waals surface area contributed by atoms with Gasteiger partial charge in [0.25, 0.3) is 0 Å². The van der Waals surface area contributed by atoms with Crippen molar-refractivity contribution in [2.24, 2.45) is 0 Å². The Morgan fingerprint density at radius 3 is 2.63 bits per heavy atom. The Hall–Kier alpha value is -2.17. The first-order chi connectivity index (χ1) is 9.10. The molecule has 100 valence electrons. The van der Waals surface area contributed by atoms with E-state index in [9.17, 15) is 0 Å². The molecular formula is C14H18N4O. The van der Waals surface area contributed by atoms with Crippen LogP contribution in [0.2, 0.25) is 0 Å². The van der Waals surface area contributed by atoms with E-state index >= 15 is 0 Å². The lowest BCUT2D eigenvalue weighted by atomic mass is 10.3. The van der Waals surface area contributed by atoms with E-state index in [2.05, 4.69) is 21.9 Å². The molecule has 0 saturated heterocycles. The maximum absolute atomic E-state index is 5.88.